The molecule has 2 nitrogen and oxygen atoms in total. The third-order valence-electron chi connectivity index (χ3n) is 3.05. The average molecular weight is 242 g/mol. The summed E-state index contributed by atoms with van der Waals surface area (Å²) in [5.41, 5.74) is 0.216. The molecule has 0 aromatic carbocycles. The molecule has 0 bridgehead atoms. The van der Waals surface area contributed by atoms with Gasteiger partial charge in [0.15, 0.2) is 0 Å². The van der Waals surface area contributed by atoms with Gasteiger partial charge in [0.05, 0.1) is 0 Å². The molecule has 0 aliphatic carbocycles. The molecule has 17 heavy (non-hydrogen) atoms. The van der Waals surface area contributed by atoms with Gasteiger partial charge in [-0.05, 0) is 47.0 Å². The summed E-state index contributed by atoms with van der Waals surface area (Å²) in [6.45, 7) is 20.5. The molecule has 0 heterocycles. The van der Waals surface area contributed by atoms with Crippen molar-refractivity contribution in [3.8, 4) is 0 Å². The lowest BCUT2D eigenvalue weighted by Gasteiger charge is -2.37. The topological polar surface area (TPSA) is 15.3 Å². The van der Waals surface area contributed by atoms with Crippen LogP contribution in [-0.2, 0) is 0 Å². The van der Waals surface area contributed by atoms with Crippen LogP contribution in [0, 0.1) is 5.92 Å². The zero-order chi connectivity index (χ0) is 13.6. The molecule has 0 aromatic rings. The van der Waals surface area contributed by atoms with Crippen LogP contribution >= 0.6 is 0 Å². The Morgan fingerprint density at radius 2 is 1.59 bits per heavy atom. The van der Waals surface area contributed by atoms with E-state index in [2.05, 4.69) is 65.6 Å². The summed E-state index contributed by atoms with van der Waals surface area (Å²) >= 11 is 0. The van der Waals surface area contributed by atoms with Gasteiger partial charge in [-0.2, -0.15) is 0 Å². The highest BCUT2D eigenvalue weighted by Gasteiger charge is 2.22. The zero-order valence-corrected chi connectivity index (χ0v) is 13.3. The summed E-state index contributed by atoms with van der Waals surface area (Å²) < 4.78 is 0. The number of nitrogens with zero attached hydrogens (tertiary/aromatic N) is 1. The van der Waals surface area contributed by atoms with Crippen LogP contribution < -0.4 is 5.32 Å². The largest absolute Gasteiger partial charge is 0.311 e. The average Bonchev–Trinajstić information content (AvgIpc) is 2.14. The van der Waals surface area contributed by atoms with Crippen molar-refractivity contribution in [3.63, 3.8) is 0 Å². The predicted molar refractivity (Wildman–Crippen MR) is 78.5 cm³/mol. The fourth-order valence-electron chi connectivity index (χ4n) is 2.12. The molecule has 0 rings (SSSR count). The van der Waals surface area contributed by atoms with E-state index in [1.54, 1.807) is 0 Å². The van der Waals surface area contributed by atoms with Crippen LogP contribution in [0.15, 0.2) is 0 Å². The molecule has 0 aliphatic rings. The molecule has 1 atom stereocenters. The minimum atomic E-state index is 0.216. The molecule has 0 saturated carbocycles. The van der Waals surface area contributed by atoms with Gasteiger partial charge in [-0.1, -0.05) is 20.8 Å². The van der Waals surface area contributed by atoms with E-state index in [1.165, 1.54) is 13.0 Å². The first-order chi connectivity index (χ1) is 7.67. The van der Waals surface area contributed by atoms with Gasteiger partial charge >= 0.3 is 0 Å². The Hall–Kier alpha value is -0.0800. The normalized spacial score (nSPS) is 15.0. The van der Waals surface area contributed by atoms with Crippen LogP contribution in [0.25, 0.3) is 0 Å². The maximum absolute atomic E-state index is 3.64. The van der Waals surface area contributed by atoms with E-state index in [0.29, 0.717) is 12.1 Å². The molecular weight excluding hydrogens is 208 g/mol. The van der Waals surface area contributed by atoms with Crippen molar-refractivity contribution < 1.29 is 0 Å². The first-order valence-electron chi connectivity index (χ1n) is 7.18. The Kier molecular flexibility index (Phi) is 7.34. The van der Waals surface area contributed by atoms with E-state index in [9.17, 15) is 0 Å². The summed E-state index contributed by atoms with van der Waals surface area (Å²) in [6.07, 6.45) is 1.22. The molecular formula is C15H34N2. The summed E-state index contributed by atoms with van der Waals surface area (Å²) in [4.78, 5) is 2.64. The monoisotopic (exact) mass is 242 g/mol. The van der Waals surface area contributed by atoms with E-state index >= 15 is 0 Å². The van der Waals surface area contributed by atoms with Crippen LogP contribution in [0.4, 0.5) is 0 Å². The van der Waals surface area contributed by atoms with Gasteiger partial charge < -0.3 is 5.32 Å². The summed E-state index contributed by atoms with van der Waals surface area (Å²) in [5.74, 6) is 0.737. The Bertz CT molecular complexity index is 192. The molecule has 0 fully saturated rings. The van der Waals surface area contributed by atoms with Crippen LogP contribution in [0.5, 0.6) is 0 Å². The number of rotatable bonds is 7. The highest BCUT2D eigenvalue weighted by atomic mass is 15.2. The SMILES string of the molecule is CCC(CNC(C)(C)C)N(CC(C)C)C(C)C. The lowest BCUT2D eigenvalue weighted by molar-refractivity contribution is 0.123. The maximum atomic E-state index is 3.64. The van der Waals surface area contributed by atoms with Crippen LogP contribution in [0.2, 0.25) is 0 Å². The second-order valence-electron chi connectivity index (χ2n) is 6.88. The Morgan fingerprint density at radius 3 is 1.88 bits per heavy atom. The van der Waals surface area contributed by atoms with Crippen molar-refractivity contribution in [1.82, 2.24) is 10.2 Å². The van der Waals surface area contributed by atoms with Crippen molar-refractivity contribution in [2.24, 2.45) is 5.92 Å². The van der Waals surface area contributed by atoms with Gasteiger partial charge in [0.25, 0.3) is 0 Å². The highest BCUT2D eigenvalue weighted by molar-refractivity contribution is 4.80. The van der Waals surface area contributed by atoms with E-state index < -0.39 is 0 Å². The van der Waals surface area contributed by atoms with E-state index in [4.69, 9.17) is 0 Å². The molecule has 0 radical (unpaired) electrons. The molecule has 104 valence electrons. The van der Waals surface area contributed by atoms with E-state index in [1.807, 2.05) is 0 Å². The lowest BCUT2D eigenvalue weighted by Crippen LogP contribution is -2.50. The lowest BCUT2D eigenvalue weighted by atomic mass is 10.0. The van der Waals surface area contributed by atoms with Gasteiger partial charge in [-0.15, -0.1) is 0 Å². The summed E-state index contributed by atoms with van der Waals surface area (Å²) in [6, 6.07) is 1.28. The van der Waals surface area contributed by atoms with Crippen molar-refractivity contribution >= 4 is 0 Å². The second kappa shape index (κ2) is 7.38. The van der Waals surface area contributed by atoms with Crippen molar-refractivity contribution in [3.05, 3.63) is 0 Å². The highest BCUT2D eigenvalue weighted by Crippen LogP contribution is 2.13. The molecule has 0 amide bonds. The Morgan fingerprint density at radius 1 is 1.06 bits per heavy atom. The number of hydrogen-bond donors (Lipinski definition) is 1. The second-order valence-corrected chi connectivity index (χ2v) is 6.88. The van der Waals surface area contributed by atoms with Crippen molar-refractivity contribution in [2.45, 2.75) is 79.4 Å². The number of nitrogens with one attached hydrogen (secondary N) is 1. The number of hydrogen-bond acceptors (Lipinski definition) is 2. The Balaban J connectivity index is 4.45. The minimum Gasteiger partial charge on any atom is -0.311 e. The van der Waals surface area contributed by atoms with Crippen molar-refractivity contribution in [2.75, 3.05) is 13.1 Å². The van der Waals surface area contributed by atoms with Gasteiger partial charge in [0.1, 0.15) is 0 Å². The molecule has 0 aliphatic heterocycles. The minimum absolute atomic E-state index is 0.216. The van der Waals surface area contributed by atoms with E-state index in [0.717, 1.165) is 12.5 Å². The molecule has 0 spiro atoms. The van der Waals surface area contributed by atoms with Crippen molar-refractivity contribution in [1.29, 1.82) is 0 Å². The van der Waals surface area contributed by atoms with E-state index in [-0.39, 0.29) is 5.54 Å². The molecule has 2 heteroatoms. The van der Waals surface area contributed by atoms with Crippen LogP contribution in [0.3, 0.4) is 0 Å². The zero-order valence-electron chi connectivity index (χ0n) is 13.3. The maximum Gasteiger partial charge on any atom is 0.0221 e. The Labute approximate surface area is 109 Å². The standard InChI is InChI=1S/C15H34N2/c1-9-14(10-16-15(6,7)8)17(13(4)5)11-12(2)3/h12-14,16H,9-11H2,1-8H3. The first kappa shape index (κ1) is 16.9. The van der Waals surface area contributed by atoms with Gasteiger partial charge in [0.2, 0.25) is 0 Å². The first-order valence-corrected chi connectivity index (χ1v) is 7.18. The summed E-state index contributed by atoms with van der Waals surface area (Å²) in [5, 5.41) is 3.64. The smallest absolute Gasteiger partial charge is 0.0221 e. The quantitative estimate of drug-likeness (QED) is 0.735. The predicted octanol–water partition coefficient (Wildman–Crippen LogP) is 3.52. The molecule has 0 aromatic heterocycles. The third kappa shape index (κ3) is 7.77. The fraction of sp³-hybridized carbons (Fsp3) is 1.00. The van der Waals surface area contributed by atoms with Crippen LogP contribution in [-0.4, -0.2) is 35.6 Å². The molecule has 1 unspecified atom stereocenters. The van der Waals surface area contributed by atoms with Gasteiger partial charge in [-0.25, -0.2) is 0 Å². The summed E-state index contributed by atoms with van der Waals surface area (Å²) in [7, 11) is 0. The third-order valence-corrected chi connectivity index (χ3v) is 3.05. The van der Waals surface area contributed by atoms with Crippen LogP contribution in [0.1, 0.15) is 61.8 Å². The molecule has 0 saturated heterocycles. The van der Waals surface area contributed by atoms with Gasteiger partial charge in [-0.3, -0.25) is 4.90 Å². The van der Waals surface area contributed by atoms with Gasteiger partial charge in [0, 0.05) is 30.7 Å². The molecule has 1 N–H and O–H groups in total. The fourth-order valence-corrected chi connectivity index (χ4v) is 2.12.